The molecule has 2 N–H and O–H groups in total. The molecule has 2 aromatic carbocycles. The van der Waals surface area contributed by atoms with Crippen molar-refractivity contribution in [2.45, 2.75) is 13.5 Å². The number of ether oxygens (including phenoxy) is 1. The van der Waals surface area contributed by atoms with Crippen molar-refractivity contribution in [1.82, 2.24) is 9.78 Å². The van der Waals surface area contributed by atoms with Gasteiger partial charge in [-0.3, -0.25) is 4.68 Å². The Balaban J connectivity index is 1.69. The average molecular weight is 500 g/mol. The molecule has 0 amide bonds. The largest absolute Gasteiger partial charge is 0.492 e. The maximum atomic E-state index is 6.25. The summed E-state index contributed by atoms with van der Waals surface area (Å²) in [7, 11) is 0. The first-order valence-corrected chi connectivity index (χ1v) is 10.4. The summed E-state index contributed by atoms with van der Waals surface area (Å²) in [6.45, 7) is 3.01. The van der Waals surface area contributed by atoms with Crippen LogP contribution in [0, 0.1) is 0 Å². The van der Waals surface area contributed by atoms with Crippen molar-refractivity contribution in [3.63, 3.8) is 0 Å². The van der Waals surface area contributed by atoms with Gasteiger partial charge in [-0.15, -0.1) is 0 Å². The van der Waals surface area contributed by atoms with E-state index in [0.717, 1.165) is 21.5 Å². The van der Waals surface area contributed by atoms with E-state index in [4.69, 9.17) is 40.2 Å². The number of thiocarbonyl (C=S) groups is 1. The van der Waals surface area contributed by atoms with Crippen LogP contribution in [0.25, 0.3) is 0 Å². The number of nitrogens with zero attached hydrogens (tertiary/aromatic N) is 2. The summed E-state index contributed by atoms with van der Waals surface area (Å²) in [5.74, 6) is 1.33. The zero-order chi connectivity index (χ0) is 20.1. The molecule has 0 saturated heterocycles. The van der Waals surface area contributed by atoms with Crippen LogP contribution in [0.5, 0.6) is 5.75 Å². The van der Waals surface area contributed by atoms with Gasteiger partial charge in [0.2, 0.25) is 0 Å². The van der Waals surface area contributed by atoms with Gasteiger partial charge in [0, 0.05) is 16.2 Å². The van der Waals surface area contributed by atoms with Crippen molar-refractivity contribution in [3.8, 4) is 5.75 Å². The first-order valence-electron chi connectivity index (χ1n) is 8.43. The van der Waals surface area contributed by atoms with Crippen LogP contribution >= 0.6 is 51.3 Å². The molecule has 28 heavy (non-hydrogen) atoms. The van der Waals surface area contributed by atoms with Crippen LogP contribution in [-0.4, -0.2) is 21.5 Å². The molecule has 9 heteroatoms. The minimum absolute atomic E-state index is 0.405. The molecule has 146 valence electrons. The van der Waals surface area contributed by atoms with Crippen LogP contribution in [-0.2, 0) is 6.54 Å². The molecular formula is C19H17BrCl2N4OS. The fourth-order valence-electron chi connectivity index (χ4n) is 2.50. The number of hydrogen-bond acceptors (Lipinski definition) is 3. The fourth-order valence-corrected chi connectivity index (χ4v) is 3.59. The van der Waals surface area contributed by atoms with Crippen molar-refractivity contribution < 1.29 is 4.74 Å². The third kappa shape index (κ3) is 5.38. The van der Waals surface area contributed by atoms with E-state index in [1.807, 2.05) is 43.5 Å². The Bertz CT molecular complexity index is 996. The van der Waals surface area contributed by atoms with Gasteiger partial charge in [-0.2, -0.15) is 5.10 Å². The highest BCUT2D eigenvalue weighted by molar-refractivity contribution is 9.10. The molecule has 0 bridgehead atoms. The Labute approximate surface area is 187 Å². The van der Waals surface area contributed by atoms with Gasteiger partial charge in [-0.05, 0) is 64.9 Å². The second-order valence-electron chi connectivity index (χ2n) is 5.77. The van der Waals surface area contributed by atoms with Crippen molar-refractivity contribution in [3.05, 3.63) is 68.7 Å². The number of para-hydroxylation sites is 2. The number of hydrogen-bond donors (Lipinski definition) is 2. The lowest BCUT2D eigenvalue weighted by atomic mass is 10.2. The monoisotopic (exact) mass is 498 g/mol. The standard InChI is InChI=1S/C19H17BrCl2N4OS/c1-2-27-17-6-4-3-5-16(17)23-19(28)24-18-14(20)11-26(25-18)10-12-7-8-13(21)9-15(12)22/h3-9,11H,2,10H2,1H3,(H2,23,24,25,28). The molecule has 0 atom stereocenters. The predicted octanol–water partition coefficient (Wildman–Crippen LogP) is 6.21. The number of anilines is 2. The Morgan fingerprint density at radius 1 is 1.21 bits per heavy atom. The van der Waals surface area contributed by atoms with E-state index in [0.29, 0.717) is 34.1 Å². The van der Waals surface area contributed by atoms with Crippen LogP contribution < -0.4 is 15.4 Å². The summed E-state index contributed by atoms with van der Waals surface area (Å²) in [4.78, 5) is 0. The third-order valence-corrected chi connectivity index (χ3v) is 5.10. The Morgan fingerprint density at radius 2 is 2.00 bits per heavy atom. The van der Waals surface area contributed by atoms with Crippen LogP contribution in [0.15, 0.2) is 53.1 Å². The Morgan fingerprint density at radius 3 is 2.75 bits per heavy atom. The zero-order valence-corrected chi connectivity index (χ0v) is 18.8. The lowest BCUT2D eigenvalue weighted by molar-refractivity contribution is 0.342. The topological polar surface area (TPSA) is 51.1 Å². The Kier molecular flexibility index (Phi) is 7.18. The number of rotatable bonds is 6. The fraction of sp³-hybridized carbons (Fsp3) is 0.158. The molecule has 3 rings (SSSR count). The molecule has 0 spiro atoms. The third-order valence-electron chi connectivity index (χ3n) is 3.73. The van der Waals surface area contributed by atoms with Crippen molar-refractivity contribution in [2.24, 2.45) is 0 Å². The van der Waals surface area contributed by atoms with E-state index in [1.54, 1.807) is 16.8 Å². The molecule has 0 aliphatic heterocycles. The van der Waals surface area contributed by atoms with Gasteiger partial charge in [0.25, 0.3) is 0 Å². The number of aromatic nitrogens is 2. The molecule has 1 heterocycles. The summed E-state index contributed by atoms with van der Waals surface area (Å²) in [6.07, 6.45) is 1.85. The van der Waals surface area contributed by atoms with Crippen LogP contribution in [0.2, 0.25) is 10.0 Å². The number of nitrogens with one attached hydrogen (secondary N) is 2. The molecule has 0 aliphatic carbocycles. The second-order valence-corrected chi connectivity index (χ2v) is 7.87. The van der Waals surface area contributed by atoms with Crippen LogP contribution in [0.4, 0.5) is 11.5 Å². The van der Waals surface area contributed by atoms with E-state index in [2.05, 4.69) is 31.7 Å². The van der Waals surface area contributed by atoms with E-state index < -0.39 is 0 Å². The molecule has 0 unspecified atom stereocenters. The maximum Gasteiger partial charge on any atom is 0.176 e. The highest BCUT2D eigenvalue weighted by Crippen LogP contribution is 2.26. The van der Waals surface area contributed by atoms with Gasteiger partial charge >= 0.3 is 0 Å². The van der Waals surface area contributed by atoms with E-state index in [9.17, 15) is 0 Å². The van der Waals surface area contributed by atoms with Crippen molar-refractivity contribution >= 4 is 68.0 Å². The molecule has 0 saturated carbocycles. The van der Waals surface area contributed by atoms with Crippen molar-refractivity contribution in [2.75, 3.05) is 17.2 Å². The highest BCUT2D eigenvalue weighted by Gasteiger charge is 2.11. The molecule has 0 aliphatic rings. The summed E-state index contributed by atoms with van der Waals surface area (Å²) in [5, 5.41) is 12.3. The summed E-state index contributed by atoms with van der Waals surface area (Å²) in [6, 6.07) is 13.0. The molecular weight excluding hydrogens is 483 g/mol. The molecule has 0 fully saturated rings. The summed E-state index contributed by atoms with van der Waals surface area (Å²) in [5.41, 5.74) is 1.70. The minimum Gasteiger partial charge on any atom is -0.492 e. The van der Waals surface area contributed by atoms with Gasteiger partial charge in [0.1, 0.15) is 5.75 Å². The molecule has 0 radical (unpaired) electrons. The number of benzene rings is 2. The van der Waals surface area contributed by atoms with Crippen LogP contribution in [0.1, 0.15) is 12.5 Å². The van der Waals surface area contributed by atoms with E-state index in [-0.39, 0.29) is 0 Å². The average Bonchev–Trinajstić information content (AvgIpc) is 2.98. The van der Waals surface area contributed by atoms with Gasteiger partial charge in [-0.1, -0.05) is 41.4 Å². The molecule has 1 aromatic heterocycles. The normalized spacial score (nSPS) is 10.6. The smallest absolute Gasteiger partial charge is 0.176 e. The predicted molar refractivity (Wildman–Crippen MR) is 123 cm³/mol. The highest BCUT2D eigenvalue weighted by atomic mass is 79.9. The van der Waals surface area contributed by atoms with Gasteiger partial charge < -0.3 is 15.4 Å². The zero-order valence-electron chi connectivity index (χ0n) is 14.9. The summed E-state index contributed by atoms with van der Waals surface area (Å²) < 4.78 is 8.14. The Hall–Kier alpha value is -1.80. The lowest BCUT2D eigenvalue weighted by Gasteiger charge is -2.13. The number of halogens is 3. The first-order chi connectivity index (χ1) is 13.5. The van der Waals surface area contributed by atoms with Crippen molar-refractivity contribution in [1.29, 1.82) is 0 Å². The van der Waals surface area contributed by atoms with Gasteiger partial charge in [0.15, 0.2) is 10.9 Å². The first kappa shape index (κ1) is 20.9. The van der Waals surface area contributed by atoms with E-state index in [1.165, 1.54) is 0 Å². The van der Waals surface area contributed by atoms with Crippen LogP contribution in [0.3, 0.4) is 0 Å². The van der Waals surface area contributed by atoms with Gasteiger partial charge in [-0.25, -0.2) is 0 Å². The minimum atomic E-state index is 0.405. The lowest BCUT2D eigenvalue weighted by Crippen LogP contribution is -2.20. The second kappa shape index (κ2) is 9.60. The quantitative estimate of drug-likeness (QED) is 0.395. The van der Waals surface area contributed by atoms with E-state index >= 15 is 0 Å². The summed E-state index contributed by atoms with van der Waals surface area (Å²) >= 11 is 21.1. The maximum absolute atomic E-state index is 6.25. The SMILES string of the molecule is CCOc1ccccc1NC(=S)Nc1nn(Cc2ccc(Cl)cc2Cl)cc1Br. The molecule has 5 nitrogen and oxygen atoms in total. The molecule has 3 aromatic rings. The van der Waals surface area contributed by atoms with Gasteiger partial charge in [0.05, 0.1) is 23.3 Å².